The topological polar surface area (TPSA) is 15.3 Å². The molecule has 3 heteroatoms. The lowest BCUT2D eigenvalue weighted by Crippen LogP contribution is -2.36. The molecule has 1 fully saturated rings. The summed E-state index contributed by atoms with van der Waals surface area (Å²) in [5.74, 6) is 0. The molecule has 0 saturated heterocycles. The lowest BCUT2D eigenvalue weighted by molar-refractivity contribution is 0.418. The van der Waals surface area contributed by atoms with E-state index >= 15 is 0 Å². The van der Waals surface area contributed by atoms with Crippen molar-refractivity contribution in [2.24, 2.45) is 0 Å². The molecule has 20 heavy (non-hydrogen) atoms. The summed E-state index contributed by atoms with van der Waals surface area (Å²) in [5, 5.41) is 4.15. The van der Waals surface area contributed by atoms with E-state index in [9.17, 15) is 0 Å². The molecular formula is C17H27ClN2. The molecule has 1 N–H and O–H groups in total. The zero-order valence-electron chi connectivity index (χ0n) is 13.0. The number of anilines is 1. The van der Waals surface area contributed by atoms with Crippen molar-refractivity contribution in [2.75, 3.05) is 18.5 Å². The molecule has 0 bridgehead atoms. The predicted octanol–water partition coefficient (Wildman–Crippen LogP) is 4.78. The maximum absolute atomic E-state index is 6.55. The molecule has 0 aromatic heterocycles. The van der Waals surface area contributed by atoms with E-state index in [0.717, 1.165) is 11.6 Å². The quantitative estimate of drug-likeness (QED) is 0.841. The van der Waals surface area contributed by atoms with Crippen LogP contribution in [0.25, 0.3) is 0 Å². The Kier molecular flexibility index (Phi) is 5.74. The highest BCUT2D eigenvalue weighted by molar-refractivity contribution is 6.33. The van der Waals surface area contributed by atoms with Crippen molar-refractivity contribution in [3.63, 3.8) is 0 Å². The van der Waals surface area contributed by atoms with Crippen LogP contribution in [-0.2, 0) is 0 Å². The first-order valence-corrected chi connectivity index (χ1v) is 8.28. The number of nitrogens with one attached hydrogen (secondary N) is 1. The SMILES string of the molecule is CCN(c1ccc(C(C)NC)cc1Cl)C1CCCCC1. The highest BCUT2D eigenvalue weighted by atomic mass is 35.5. The van der Waals surface area contributed by atoms with Gasteiger partial charge in [0, 0.05) is 18.6 Å². The van der Waals surface area contributed by atoms with Gasteiger partial charge in [-0.05, 0) is 51.4 Å². The third kappa shape index (κ3) is 3.48. The van der Waals surface area contributed by atoms with Gasteiger partial charge in [0.05, 0.1) is 10.7 Å². The molecule has 0 heterocycles. The van der Waals surface area contributed by atoms with Crippen LogP contribution in [0.2, 0.25) is 5.02 Å². The van der Waals surface area contributed by atoms with E-state index in [2.05, 4.69) is 42.3 Å². The minimum absolute atomic E-state index is 0.339. The van der Waals surface area contributed by atoms with Crippen LogP contribution >= 0.6 is 11.6 Å². The summed E-state index contributed by atoms with van der Waals surface area (Å²) in [6, 6.07) is 7.52. The molecule has 112 valence electrons. The standard InChI is InChI=1S/C17H27ClN2/c1-4-20(15-8-6-5-7-9-15)17-11-10-14(12-16(17)18)13(2)19-3/h10-13,15,19H,4-9H2,1-3H3. The van der Waals surface area contributed by atoms with E-state index < -0.39 is 0 Å². The van der Waals surface area contributed by atoms with Gasteiger partial charge in [0.25, 0.3) is 0 Å². The summed E-state index contributed by atoms with van der Waals surface area (Å²) >= 11 is 6.55. The molecule has 1 atom stereocenters. The van der Waals surface area contributed by atoms with Crippen LogP contribution < -0.4 is 10.2 Å². The number of nitrogens with zero attached hydrogens (tertiary/aromatic N) is 1. The maximum Gasteiger partial charge on any atom is 0.0642 e. The molecule has 1 aliphatic carbocycles. The van der Waals surface area contributed by atoms with E-state index in [4.69, 9.17) is 11.6 Å². The predicted molar refractivity (Wildman–Crippen MR) is 88.8 cm³/mol. The largest absolute Gasteiger partial charge is 0.368 e. The van der Waals surface area contributed by atoms with Crippen LogP contribution in [0.4, 0.5) is 5.69 Å². The molecule has 0 amide bonds. The van der Waals surface area contributed by atoms with E-state index in [1.807, 2.05) is 7.05 Å². The van der Waals surface area contributed by atoms with Crippen molar-refractivity contribution in [3.8, 4) is 0 Å². The Labute approximate surface area is 128 Å². The number of rotatable bonds is 5. The number of benzene rings is 1. The van der Waals surface area contributed by atoms with E-state index in [-0.39, 0.29) is 0 Å². The van der Waals surface area contributed by atoms with Gasteiger partial charge in [-0.2, -0.15) is 0 Å². The molecular weight excluding hydrogens is 268 g/mol. The molecule has 0 radical (unpaired) electrons. The van der Waals surface area contributed by atoms with E-state index in [0.29, 0.717) is 12.1 Å². The second-order valence-corrected chi connectivity index (χ2v) is 6.21. The summed E-state index contributed by atoms with van der Waals surface area (Å²) in [7, 11) is 1.98. The molecule has 1 saturated carbocycles. The van der Waals surface area contributed by atoms with Gasteiger partial charge in [-0.15, -0.1) is 0 Å². The van der Waals surface area contributed by atoms with Gasteiger partial charge >= 0.3 is 0 Å². The van der Waals surface area contributed by atoms with Crippen molar-refractivity contribution >= 4 is 17.3 Å². The second kappa shape index (κ2) is 7.33. The highest BCUT2D eigenvalue weighted by Crippen LogP contribution is 2.33. The van der Waals surface area contributed by atoms with Crippen LogP contribution in [0, 0.1) is 0 Å². The lowest BCUT2D eigenvalue weighted by atomic mass is 9.93. The Morgan fingerprint density at radius 3 is 2.55 bits per heavy atom. The molecule has 0 aliphatic heterocycles. The first-order chi connectivity index (χ1) is 9.67. The zero-order chi connectivity index (χ0) is 14.5. The first kappa shape index (κ1) is 15.7. The van der Waals surface area contributed by atoms with Crippen LogP contribution in [0.1, 0.15) is 57.6 Å². The lowest BCUT2D eigenvalue weighted by Gasteiger charge is -2.36. The monoisotopic (exact) mass is 294 g/mol. The van der Waals surface area contributed by atoms with Crippen LogP contribution in [-0.4, -0.2) is 19.6 Å². The molecule has 1 aliphatic rings. The van der Waals surface area contributed by atoms with Crippen LogP contribution in [0.15, 0.2) is 18.2 Å². The van der Waals surface area contributed by atoms with Crippen molar-refractivity contribution in [2.45, 2.75) is 58.0 Å². The van der Waals surface area contributed by atoms with E-state index in [1.165, 1.54) is 43.4 Å². The molecule has 1 aromatic rings. The zero-order valence-corrected chi connectivity index (χ0v) is 13.7. The second-order valence-electron chi connectivity index (χ2n) is 5.80. The molecule has 1 unspecified atom stereocenters. The molecule has 2 nitrogen and oxygen atoms in total. The fourth-order valence-corrected chi connectivity index (χ4v) is 3.51. The Morgan fingerprint density at radius 2 is 2.00 bits per heavy atom. The van der Waals surface area contributed by atoms with Gasteiger partial charge in [0.15, 0.2) is 0 Å². The average molecular weight is 295 g/mol. The number of hydrogen-bond donors (Lipinski definition) is 1. The number of halogens is 1. The fraction of sp³-hybridized carbons (Fsp3) is 0.647. The Bertz CT molecular complexity index is 427. The van der Waals surface area contributed by atoms with Gasteiger partial charge < -0.3 is 10.2 Å². The molecule has 1 aromatic carbocycles. The Balaban J connectivity index is 2.21. The van der Waals surface area contributed by atoms with Crippen LogP contribution in [0.5, 0.6) is 0 Å². The van der Waals surface area contributed by atoms with Crippen molar-refractivity contribution in [1.82, 2.24) is 5.32 Å². The van der Waals surface area contributed by atoms with Gasteiger partial charge in [-0.1, -0.05) is 36.9 Å². The van der Waals surface area contributed by atoms with Crippen LogP contribution in [0.3, 0.4) is 0 Å². The summed E-state index contributed by atoms with van der Waals surface area (Å²) in [6.07, 6.45) is 6.71. The van der Waals surface area contributed by atoms with E-state index in [1.54, 1.807) is 0 Å². The Hall–Kier alpha value is -0.730. The first-order valence-electron chi connectivity index (χ1n) is 7.90. The minimum atomic E-state index is 0.339. The molecule has 0 spiro atoms. The minimum Gasteiger partial charge on any atom is -0.368 e. The summed E-state index contributed by atoms with van der Waals surface area (Å²) in [6.45, 7) is 5.42. The normalized spacial score (nSPS) is 18.0. The van der Waals surface area contributed by atoms with Gasteiger partial charge in [-0.25, -0.2) is 0 Å². The third-order valence-electron chi connectivity index (χ3n) is 4.57. The van der Waals surface area contributed by atoms with Crippen molar-refractivity contribution < 1.29 is 0 Å². The van der Waals surface area contributed by atoms with Crippen molar-refractivity contribution in [3.05, 3.63) is 28.8 Å². The fourth-order valence-electron chi connectivity index (χ4n) is 3.21. The third-order valence-corrected chi connectivity index (χ3v) is 4.87. The average Bonchev–Trinajstić information content (AvgIpc) is 2.49. The summed E-state index contributed by atoms with van der Waals surface area (Å²) in [5.41, 5.74) is 2.45. The summed E-state index contributed by atoms with van der Waals surface area (Å²) in [4.78, 5) is 2.50. The van der Waals surface area contributed by atoms with Gasteiger partial charge in [0.1, 0.15) is 0 Å². The highest BCUT2D eigenvalue weighted by Gasteiger charge is 2.22. The maximum atomic E-state index is 6.55. The number of hydrogen-bond acceptors (Lipinski definition) is 2. The van der Waals surface area contributed by atoms with Gasteiger partial charge in [-0.3, -0.25) is 0 Å². The Morgan fingerprint density at radius 1 is 1.30 bits per heavy atom. The smallest absolute Gasteiger partial charge is 0.0642 e. The summed E-state index contributed by atoms with van der Waals surface area (Å²) < 4.78 is 0. The van der Waals surface area contributed by atoms with Crippen molar-refractivity contribution in [1.29, 1.82) is 0 Å². The van der Waals surface area contributed by atoms with Gasteiger partial charge in [0.2, 0.25) is 0 Å². The molecule has 2 rings (SSSR count).